The molecule has 0 bridgehead atoms. The van der Waals surface area contributed by atoms with Crippen molar-refractivity contribution in [1.82, 2.24) is 0 Å². The molecule has 3 nitrogen and oxygen atoms in total. The standard InChI is InChI=1S/C9H9ClFNO2/c1-6(5-11)7-3-2-4-8(10)9(7)12(13)14/h2-4,6H,5H2,1H3. The van der Waals surface area contributed by atoms with Crippen molar-refractivity contribution in [1.29, 1.82) is 0 Å². The van der Waals surface area contributed by atoms with Gasteiger partial charge in [0.15, 0.2) is 0 Å². The molecular weight excluding hydrogens is 209 g/mol. The van der Waals surface area contributed by atoms with Crippen LogP contribution in [0.15, 0.2) is 18.2 Å². The third-order valence-corrected chi connectivity index (χ3v) is 2.27. The Kier molecular flexibility index (Phi) is 3.41. The van der Waals surface area contributed by atoms with Crippen LogP contribution in [0.5, 0.6) is 0 Å². The Morgan fingerprint density at radius 2 is 2.29 bits per heavy atom. The summed E-state index contributed by atoms with van der Waals surface area (Å²) < 4.78 is 12.4. The van der Waals surface area contributed by atoms with Crippen LogP contribution in [0.4, 0.5) is 10.1 Å². The van der Waals surface area contributed by atoms with Crippen LogP contribution in [0, 0.1) is 10.1 Å². The Morgan fingerprint density at radius 1 is 1.64 bits per heavy atom. The van der Waals surface area contributed by atoms with Crippen molar-refractivity contribution in [3.63, 3.8) is 0 Å². The summed E-state index contributed by atoms with van der Waals surface area (Å²) in [5, 5.41) is 10.7. The molecule has 14 heavy (non-hydrogen) atoms. The minimum atomic E-state index is -0.638. The maximum absolute atomic E-state index is 12.4. The predicted octanol–water partition coefficient (Wildman–Crippen LogP) is 3.32. The molecule has 0 spiro atoms. The molecular formula is C9H9ClFNO2. The number of nitro groups is 1. The topological polar surface area (TPSA) is 43.1 Å². The van der Waals surface area contributed by atoms with Gasteiger partial charge in [0.2, 0.25) is 0 Å². The fourth-order valence-electron chi connectivity index (χ4n) is 1.21. The minimum Gasteiger partial charge on any atom is -0.258 e. The van der Waals surface area contributed by atoms with Crippen LogP contribution < -0.4 is 0 Å². The van der Waals surface area contributed by atoms with Crippen LogP contribution in [0.25, 0.3) is 0 Å². The maximum atomic E-state index is 12.4. The fourth-order valence-corrected chi connectivity index (χ4v) is 1.46. The van der Waals surface area contributed by atoms with Crippen LogP contribution in [0.2, 0.25) is 5.02 Å². The van der Waals surface area contributed by atoms with E-state index in [9.17, 15) is 14.5 Å². The zero-order valence-corrected chi connectivity index (χ0v) is 8.29. The number of nitrogens with zero attached hydrogens (tertiary/aromatic N) is 1. The SMILES string of the molecule is CC(CF)c1cccc(Cl)c1[N+](=O)[O-]. The molecule has 76 valence electrons. The second kappa shape index (κ2) is 4.37. The molecule has 0 N–H and O–H groups in total. The monoisotopic (exact) mass is 217 g/mol. The summed E-state index contributed by atoms with van der Waals surface area (Å²) in [7, 11) is 0. The van der Waals surface area contributed by atoms with E-state index in [1.54, 1.807) is 13.0 Å². The fraction of sp³-hybridized carbons (Fsp3) is 0.333. The van der Waals surface area contributed by atoms with Gasteiger partial charge in [0.05, 0.1) is 11.6 Å². The third kappa shape index (κ3) is 2.01. The predicted molar refractivity (Wildman–Crippen MR) is 52.5 cm³/mol. The molecule has 0 aliphatic carbocycles. The summed E-state index contributed by atoms with van der Waals surface area (Å²) in [4.78, 5) is 10.1. The lowest BCUT2D eigenvalue weighted by atomic mass is 10.0. The minimum absolute atomic E-state index is 0.0489. The average molecular weight is 218 g/mol. The van der Waals surface area contributed by atoms with Crippen molar-refractivity contribution < 1.29 is 9.31 Å². The highest BCUT2D eigenvalue weighted by Crippen LogP contribution is 2.33. The largest absolute Gasteiger partial charge is 0.291 e. The van der Waals surface area contributed by atoms with Gasteiger partial charge in [-0.1, -0.05) is 30.7 Å². The number of hydrogen-bond donors (Lipinski definition) is 0. The van der Waals surface area contributed by atoms with Gasteiger partial charge in [-0.25, -0.2) is 0 Å². The zero-order valence-electron chi connectivity index (χ0n) is 7.54. The van der Waals surface area contributed by atoms with Crippen LogP contribution in [-0.2, 0) is 0 Å². The van der Waals surface area contributed by atoms with E-state index in [-0.39, 0.29) is 10.7 Å². The van der Waals surface area contributed by atoms with E-state index in [1.807, 2.05) is 0 Å². The molecule has 1 atom stereocenters. The van der Waals surface area contributed by atoms with E-state index in [2.05, 4.69) is 0 Å². The van der Waals surface area contributed by atoms with E-state index in [0.29, 0.717) is 5.56 Å². The van der Waals surface area contributed by atoms with Crippen molar-refractivity contribution in [2.45, 2.75) is 12.8 Å². The van der Waals surface area contributed by atoms with Crippen LogP contribution in [-0.4, -0.2) is 11.6 Å². The Morgan fingerprint density at radius 3 is 2.79 bits per heavy atom. The van der Waals surface area contributed by atoms with Gasteiger partial charge in [-0.05, 0) is 6.07 Å². The lowest BCUT2D eigenvalue weighted by molar-refractivity contribution is -0.385. The Labute approximate surface area is 85.6 Å². The molecule has 1 unspecified atom stereocenters. The third-order valence-electron chi connectivity index (χ3n) is 1.96. The molecule has 1 aromatic carbocycles. The van der Waals surface area contributed by atoms with E-state index in [1.165, 1.54) is 12.1 Å². The van der Waals surface area contributed by atoms with Gasteiger partial charge >= 0.3 is 0 Å². The molecule has 0 radical (unpaired) electrons. The number of hydrogen-bond acceptors (Lipinski definition) is 2. The van der Waals surface area contributed by atoms with Crippen LogP contribution in [0.1, 0.15) is 18.4 Å². The molecule has 0 saturated carbocycles. The first-order valence-electron chi connectivity index (χ1n) is 4.06. The van der Waals surface area contributed by atoms with Crippen molar-refractivity contribution in [3.8, 4) is 0 Å². The van der Waals surface area contributed by atoms with Crippen LogP contribution in [0.3, 0.4) is 0 Å². The number of nitro benzene ring substituents is 1. The first-order valence-corrected chi connectivity index (χ1v) is 4.44. The van der Waals surface area contributed by atoms with Gasteiger partial charge in [-0.2, -0.15) is 0 Å². The second-order valence-electron chi connectivity index (χ2n) is 2.99. The highest BCUT2D eigenvalue weighted by Gasteiger charge is 2.21. The molecule has 0 amide bonds. The molecule has 1 rings (SSSR count). The normalized spacial score (nSPS) is 12.5. The summed E-state index contributed by atoms with van der Waals surface area (Å²) in [5.41, 5.74) is 0.143. The van der Waals surface area contributed by atoms with Crippen molar-refractivity contribution in [2.75, 3.05) is 6.67 Å². The van der Waals surface area contributed by atoms with Crippen molar-refractivity contribution in [2.24, 2.45) is 0 Å². The molecule has 1 aromatic rings. The van der Waals surface area contributed by atoms with Crippen LogP contribution >= 0.6 is 11.6 Å². The van der Waals surface area contributed by atoms with Gasteiger partial charge in [0, 0.05) is 11.5 Å². The smallest absolute Gasteiger partial charge is 0.258 e. The van der Waals surface area contributed by atoms with E-state index >= 15 is 0 Å². The summed E-state index contributed by atoms with van der Waals surface area (Å²) in [6.45, 7) is 0.944. The highest BCUT2D eigenvalue weighted by molar-refractivity contribution is 6.32. The molecule has 0 aliphatic rings. The van der Waals surface area contributed by atoms with Gasteiger partial charge in [0.25, 0.3) is 5.69 Å². The van der Waals surface area contributed by atoms with E-state index in [0.717, 1.165) is 0 Å². The summed E-state index contributed by atoms with van der Waals surface area (Å²) in [6.07, 6.45) is 0. The first kappa shape index (κ1) is 10.9. The summed E-state index contributed by atoms with van der Waals surface area (Å²) >= 11 is 5.66. The molecule has 5 heteroatoms. The number of benzene rings is 1. The number of alkyl halides is 1. The van der Waals surface area contributed by atoms with Gasteiger partial charge < -0.3 is 0 Å². The quantitative estimate of drug-likeness (QED) is 0.576. The average Bonchev–Trinajstić information content (AvgIpc) is 2.15. The van der Waals surface area contributed by atoms with Crippen molar-refractivity contribution >= 4 is 17.3 Å². The summed E-state index contributed by atoms with van der Waals surface area (Å²) in [6, 6.07) is 4.53. The molecule has 0 fully saturated rings. The van der Waals surface area contributed by atoms with Gasteiger partial charge in [0.1, 0.15) is 5.02 Å². The Balaban J connectivity index is 3.28. The van der Waals surface area contributed by atoms with Gasteiger partial charge in [-0.15, -0.1) is 0 Å². The lowest BCUT2D eigenvalue weighted by Gasteiger charge is -2.08. The Bertz CT molecular complexity index is 357. The number of halogens is 2. The second-order valence-corrected chi connectivity index (χ2v) is 3.40. The first-order chi connectivity index (χ1) is 6.57. The molecule has 0 heterocycles. The maximum Gasteiger partial charge on any atom is 0.291 e. The van der Waals surface area contributed by atoms with Gasteiger partial charge in [-0.3, -0.25) is 14.5 Å². The van der Waals surface area contributed by atoms with E-state index < -0.39 is 17.5 Å². The zero-order chi connectivity index (χ0) is 10.7. The molecule has 0 aliphatic heterocycles. The molecule has 0 aromatic heterocycles. The number of rotatable bonds is 3. The van der Waals surface area contributed by atoms with E-state index in [4.69, 9.17) is 11.6 Å². The lowest BCUT2D eigenvalue weighted by Crippen LogP contribution is -2.01. The number of para-hydroxylation sites is 1. The summed E-state index contributed by atoms with van der Waals surface area (Å²) in [5.74, 6) is -0.505. The van der Waals surface area contributed by atoms with Crippen molar-refractivity contribution in [3.05, 3.63) is 38.9 Å². The highest BCUT2D eigenvalue weighted by atomic mass is 35.5. The molecule has 0 saturated heterocycles. The Hall–Kier alpha value is -1.16.